The van der Waals surface area contributed by atoms with Crippen molar-refractivity contribution in [2.24, 2.45) is 0 Å². The molecule has 4 rings (SSSR count). The lowest BCUT2D eigenvalue weighted by atomic mass is 10.0. The van der Waals surface area contributed by atoms with Crippen molar-refractivity contribution in [1.82, 2.24) is 5.32 Å². The SMILES string of the molecule is Cc1cccc(Cl)c1C(=O)N[C@@H](Cc1ccc(N2C(=O)c3cccc(C)c3C2=O)cc1)C(=O)O. The Morgan fingerprint density at radius 3 is 2.21 bits per heavy atom. The first-order valence-corrected chi connectivity index (χ1v) is 10.9. The average Bonchev–Trinajstić information content (AvgIpc) is 3.05. The number of benzene rings is 3. The number of carbonyl (C=O) groups is 4. The van der Waals surface area contributed by atoms with Gasteiger partial charge in [0, 0.05) is 6.42 Å². The minimum Gasteiger partial charge on any atom is -0.480 e. The molecular weight excluding hydrogens is 456 g/mol. The zero-order chi connectivity index (χ0) is 24.6. The van der Waals surface area contributed by atoms with Gasteiger partial charge < -0.3 is 10.4 Å². The van der Waals surface area contributed by atoms with Crippen molar-refractivity contribution in [2.45, 2.75) is 26.3 Å². The first-order valence-electron chi connectivity index (χ1n) is 10.5. The Balaban J connectivity index is 1.52. The highest BCUT2D eigenvalue weighted by Crippen LogP contribution is 2.30. The van der Waals surface area contributed by atoms with Crippen molar-refractivity contribution in [1.29, 1.82) is 0 Å². The van der Waals surface area contributed by atoms with Crippen molar-refractivity contribution >= 4 is 41.0 Å². The van der Waals surface area contributed by atoms with Gasteiger partial charge in [0.25, 0.3) is 17.7 Å². The van der Waals surface area contributed by atoms with E-state index in [2.05, 4.69) is 5.32 Å². The molecule has 1 atom stereocenters. The van der Waals surface area contributed by atoms with E-state index in [9.17, 15) is 24.3 Å². The van der Waals surface area contributed by atoms with Gasteiger partial charge in [-0.2, -0.15) is 0 Å². The van der Waals surface area contributed by atoms with Gasteiger partial charge in [0.05, 0.1) is 27.4 Å². The highest BCUT2D eigenvalue weighted by molar-refractivity contribution is 6.35. The van der Waals surface area contributed by atoms with E-state index < -0.39 is 29.7 Å². The van der Waals surface area contributed by atoms with Gasteiger partial charge in [-0.15, -0.1) is 0 Å². The molecule has 8 heteroatoms. The van der Waals surface area contributed by atoms with E-state index in [1.165, 1.54) is 0 Å². The van der Waals surface area contributed by atoms with Crippen LogP contribution in [0.4, 0.5) is 5.69 Å². The maximum Gasteiger partial charge on any atom is 0.326 e. The average molecular weight is 477 g/mol. The Morgan fingerprint density at radius 1 is 0.941 bits per heavy atom. The molecule has 0 bridgehead atoms. The van der Waals surface area contributed by atoms with Gasteiger partial charge in [-0.1, -0.05) is 48.0 Å². The number of hydrogen-bond acceptors (Lipinski definition) is 4. The van der Waals surface area contributed by atoms with Gasteiger partial charge in [0.2, 0.25) is 0 Å². The zero-order valence-corrected chi connectivity index (χ0v) is 19.2. The summed E-state index contributed by atoms with van der Waals surface area (Å²) in [6, 6.07) is 15.4. The predicted octanol–water partition coefficient (Wildman–Crippen LogP) is 4.18. The molecule has 3 amide bonds. The van der Waals surface area contributed by atoms with E-state index in [1.54, 1.807) is 74.5 Å². The molecule has 1 aliphatic rings. The maximum absolute atomic E-state index is 12.9. The van der Waals surface area contributed by atoms with Crippen LogP contribution in [0.25, 0.3) is 0 Å². The second kappa shape index (κ2) is 9.11. The number of aliphatic carboxylic acids is 1. The first kappa shape index (κ1) is 23.2. The van der Waals surface area contributed by atoms with E-state index >= 15 is 0 Å². The van der Waals surface area contributed by atoms with Gasteiger partial charge in [-0.05, 0) is 54.8 Å². The third-order valence-electron chi connectivity index (χ3n) is 5.81. The molecule has 0 spiro atoms. The monoisotopic (exact) mass is 476 g/mol. The topological polar surface area (TPSA) is 104 Å². The summed E-state index contributed by atoms with van der Waals surface area (Å²) < 4.78 is 0. The fourth-order valence-corrected chi connectivity index (χ4v) is 4.36. The third kappa shape index (κ3) is 4.18. The second-order valence-electron chi connectivity index (χ2n) is 8.11. The minimum absolute atomic E-state index is 0.00603. The number of aryl methyl sites for hydroxylation is 2. The molecular formula is C26H21ClN2O5. The normalized spacial score (nSPS) is 13.6. The Hall–Kier alpha value is -3.97. The molecule has 0 saturated heterocycles. The van der Waals surface area contributed by atoms with Crippen molar-refractivity contribution in [3.05, 3.63) is 99.1 Å². The number of anilines is 1. The van der Waals surface area contributed by atoms with Gasteiger partial charge >= 0.3 is 5.97 Å². The van der Waals surface area contributed by atoms with E-state index in [1.807, 2.05) is 0 Å². The summed E-state index contributed by atoms with van der Waals surface area (Å²) in [6.45, 7) is 3.50. The van der Waals surface area contributed by atoms with Crippen molar-refractivity contribution in [3.8, 4) is 0 Å². The molecule has 0 unspecified atom stereocenters. The number of nitrogens with zero attached hydrogens (tertiary/aromatic N) is 1. The number of carboxylic acids is 1. The molecule has 1 heterocycles. The van der Waals surface area contributed by atoms with Crippen LogP contribution in [0.3, 0.4) is 0 Å². The van der Waals surface area contributed by atoms with E-state index in [0.29, 0.717) is 27.9 Å². The Bertz CT molecular complexity index is 1310. The summed E-state index contributed by atoms with van der Waals surface area (Å²) in [6.07, 6.45) is 0.00603. The number of nitrogens with one attached hydrogen (secondary N) is 1. The van der Waals surface area contributed by atoms with Gasteiger partial charge in [-0.25, -0.2) is 9.69 Å². The number of rotatable bonds is 6. The number of fused-ring (bicyclic) bond motifs is 1. The number of carbonyl (C=O) groups excluding carboxylic acids is 3. The van der Waals surface area contributed by atoms with Crippen molar-refractivity contribution < 1.29 is 24.3 Å². The maximum atomic E-state index is 12.9. The first-order chi connectivity index (χ1) is 16.2. The lowest BCUT2D eigenvalue weighted by molar-refractivity contribution is -0.139. The van der Waals surface area contributed by atoms with Crippen LogP contribution in [0, 0.1) is 13.8 Å². The van der Waals surface area contributed by atoms with Crippen molar-refractivity contribution in [2.75, 3.05) is 4.90 Å². The highest BCUT2D eigenvalue weighted by atomic mass is 35.5. The third-order valence-corrected chi connectivity index (χ3v) is 6.13. The van der Waals surface area contributed by atoms with Crippen LogP contribution >= 0.6 is 11.6 Å². The Morgan fingerprint density at radius 2 is 1.59 bits per heavy atom. The molecule has 0 aromatic heterocycles. The quantitative estimate of drug-likeness (QED) is 0.519. The van der Waals surface area contributed by atoms with E-state index in [0.717, 1.165) is 10.5 Å². The molecule has 0 fully saturated rings. The van der Waals surface area contributed by atoms with Crippen LogP contribution in [-0.2, 0) is 11.2 Å². The van der Waals surface area contributed by atoms with Crippen LogP contribution in [0.15, 0.2) is 60.7 Å². The van der Waals surface area contributed by atoms with E-state index in [-0.39, 0.29) is 17.0 Å². The largest absolute Gasteiger partial charge is 0.480 e. The number of imide groups is 1. The molecule has 3 aromatic rings. The lowest BCUT2D eigenvalue weighted by Crippen LogP contribution is -2.42. The van der Waals surface area contributed by atoms with Crippen molar-refractivity contribution in [3.63, 3.8) is 0 Å². The fraction of sp³-hybridized carbons (Fsp3) is 0.154. The Labute approximate surface area is 201 Å². The van der Waals surface area contributed by atoms with Gasteiger partial charge in [-0.3, -0.25) is 14.4 Å². The summed E-state index contributed by atoms with van der Waals surface area (Å²) in [5.41, 5.74) is 3.33. The van der Waals surface area contributed by atoms with Crippen LogP contribution in [0.1, 0.15) is 47.8 Å². The standard InChI is InChI=1S/C26H21ClN2O5/c1-14-5-3-7-18-21(14)25(32)29(24(18)31)17-11-9-16(10-12-17)13-20(26(33)34)28-23(30)22-15(2)6-4-8-19(22)27/h3-12,20H,13H2,1-2H3,(H,28,30)(H,33,34)/t20-/m0/s1. The molecule has 0 aliphatic carbocycles. The number of hydrogen-bond donors (Lipinski definition) is 2. The Kier molecular flexibility index (Phi) is 6.22. The highest BCUT2D eigenvalue weighted by Gasteiger charge is 2.37. The number of amides is 3. The summed E-state index contributed by atoms with van der Waals surface area (Å²) in [5.74, 6) is -2.56. The summed E-state index contributed by atoms with van der Waals surface area (Å²) in [4.78, 5) is 51.3. The summed E-state index contributed by atoms with van der Waals surface area (Å²) in [5, 5.41) is 12.4. The van der Waals surface area contributed by atoms with Gasteiger partial charge in [0.15, 0.2) is 0 Å². The van der Waals surface area contributed by atoms with Crippen LogP contribution in [0.2, 0.25) is 5.02 Å². The predicted molar refractivity (Wildman–Crippen MR) is 128 cm³/mol. The fourth-order valence-electron chi connectivity index (χ4n) is 4.06. The lowest BCUT2D eigenvalue weighted by Gasteiger charge is -2.18. The van der Waals surface area contributed by atoms with Crippen LogP contribution in [-0.4, -0.2) is 34.8 Å². The van der Waals surface area contributed by atoms with Gasteiger partial charge in [0.1, 0.15) is 6.04 Å². The molecule has 1 aliphatic heterocycles. The molecule has 0 radical (unpaired) electrons. The summed E-state index contributed by atoms with van der Waals surface area (Å²) >= 11 is 6.13. The van der Waals surface area contributed by atoms with E-state index in [4.69, 9.17) is 11.6 Å². The van der Waals surface area contributed by atoms with Crippen LogP contribution < -0.4 is 10.2 Å². The number of carboxylic acid groups (broad SMARTS) is 1. The molecule has 3 aromatic carbocycles. The molecule has 2 N–H and O–H groups in total. The molecule has 0 saturated carbocycles. The van der Waals surface area contributed by atoms with Crippen LogP contribution in [0.5, 0.6) is 0 Å². The zero-order valence-electron chi connectivity index (χ0n) is 18.5. The minimum atomic E-state index is -1.20. The molecule has 34 heavy (non-hydrogen) atoms. The summed E-state index contributed by atoms with van der Waals surface area (Å²) in [7, 11) is 0. The number of halogens is 1. The second-order valence-corrected chi connectivity index (χ2v) is 8.52. The smallest absolute Gasteiger partial charge is 0.326 e. The molecule has 7 nitrogen and oxygen atoms in total. The molecule has 172 valence electrons.